The predicted molar refractivity (Wildman–Crippen MR) is 74.9 cm³/mol. The Kier molecular flexibility index (Phi) is 3.72. The molecule has 0 spiro atoms. The highest BCUT2D eigenvalue weighted by molar-refractivity contribution is 9.10. The molecule has 1 heterocycles. The molecule has 0 bridgehead atoms. The second-order valence-electron chi connectivity index (χ2n) is 3.60. The van der Waals surface area contributed by atoms with E-state index in [1.807, 2.05) is 12.1 Å². The van der Waals surface area contributed by atoms with E-state index in [0.29, 0.717) is 22.9 Å². The van der Waals surface area contributed by atoms with Crippen LogP contribution >= 0.6 is 15.9 Å². The van der Waals surface area contributed by atoms with E-state index in [1.54, 1.807) is 32.5 Å². The van der Waals surface area contributed by atoms with Gasteiger partial charge in [-0.15, -0.1) is 0 Å². The Balaban J connectivity index is 2.66. The number of methoxy groups -OCH3 is 2. The van der Waals surface area contributed by atoms with Crippen LogP contribution in [0, 0.1) is 0 Å². The summed E-state index contributed by atoms with van der Waals surface area (Å²) in [5.74, 6) is 1.35. The zero-order valence-electron chi connectivity index (χ0n) is 10.1. The smallest absolute Gasteiger partial charge is 0.146 e. The van der Waals surface area contributed by atoms with Crippen LogP contribution in [0.3, 0.4) is 0 Å². The highest BCUT2D eigenvalue weighted by atomic mass is 79.9. The van der Waals surface area contributed by atoms with Crippen molar-refractivity contribution >= 4 is 21.6 Å². The Labute approximate surface area is 114 Å². The maximum Gasteiger partial charge on any atom is 0.146 e. The van der Waals surface area contributed by atoms with Crippen LogP contribution in [0.1, 0.15) is 0 Å². The third-order valence-electron chi connectivity index (χ3n) is 2.58. The third kappa shape index (κ3) is 2.13. The number of nitrogens with two attached hydrogens (primary N) is 1. The van der Waals surface area contributed by atoms with Gasteiger partial charge in [0.25, 0.3) is 0 Å². The lowest BCUT2D eigenvalue weighted by Crippen LogP contribution is -1.97. The van der Waals surface area contributed by atoms with Crippen molar-refractivity contribution in [2.75, 3.05) is 20.0 Å². The van der Waals surface area contributed by atoms with Gasteiger partial charge in [-0.3, -0.25) is 4.98 Å². The lowest BCUT2D eigenvalue weighted by atomic mass is 10.1. The fourth-order valence-electron chi connectivity index (χ4n) is 1.72. The Hall–Kier alpha value is -1.75. The second-order valence-corrected chi connectivity index (χ2v) is 4.40. The third-order valence-corrected chi connectivity index (χ3v) is 3.33. The predicted octanol–water partition coefficient (Wildman–Crippen LogP) is 3.11. The molecule has 2 N–H and O–H groups in total. The van der Waals surface area contributed by atoms with Gasteiger partial charge in [-0.05, 0) is 40.2 Å². The molecular formula is C13H13BrN2O2. The highest BCUT2D eigenvalue weighted by Gasteiger charge is 2.16. The van der Waals surface area contributed by atoms with Gasteiger partial charge in [0.2, 0.25) is 0 Å². The molecule has 0 amide bonds. The van der Waals surface area contributed by atoms with Crippen LogP contribution < -0.4 is 15.2 Å². The number of nitrogen functional groups attached to an aromatic ring is 1. The zero-order chi connectivity index (χ0) is 13.1. The molecule has 2 rings (SSSR count). The lowest BCUT2D eigenvalue weighted by Gasteiger charge is -2.13. The van der Waals surface area contributed by atoms with Gasteiger partial charge in [0.15, 0.2) is 0 Å². The molecule has 0 fully saturated rings. The number of pyridine rings is 1. The van der Waals surface area contributed by atoms with Crippen molar-refractivity contribution in [2.24, 2.45) is 0 Å². The first-order valence-electron chi connectivity index (χ1n) is 5.30. The Morgan fingerprint density at radius 3 is 2.56 bits per heavy atom. The van der Waals surface area contributed by atoms with Gasteiger partial charge in [-0.2, -0.15) is 0 Å². The van der Waals surface area contributed by atoms with E-state index < -0.39 is 0 Å². The van der Waals surface area contributed by atoms with Crippen LogP contribution in [-0.2, 0) is 0 Å². The molecule has 1 aromatic carbocycles. The van der Waals surface area contributed by atoms with Crippen molar-refractivity contribution in [3.05, 3.63) is 34.9 Å². The van der Waals surface area contributed by atoms with Gasteiger partial charge in [0, 0.05) is 11.8 Å². The fraction of sp³-hybridized carbons (Fsp3) is 0.154. The van der Waals surface area contributed by atoms with Gasteiger partial charge < -0.3 is 15.2 Å². The normalized spacial score (nSPS) is 10.2. The van der Waals surface area contributed by atoms with Crippen molar-refractivity contribution in [3.63, 3.8) is 0 Å². The van der Waals surface area contributed by atoms with Gasteiger partial charge in [0.1, 0.15) is 16.0 Å². The molecule has 0 aliphatic heterocycles. The minimum absolute atomic E-state index is 0.605. The summed E-state index contributed by atoms with van der Waals surface area (Å²) in [6.45, 7) is 0. The topological polar surface area (TPSA) is 57.4 Å². The average molecular weight is 309 g/mol. The monoisotopic (exact) mass is 308 g/mol. The van der Waals surface area contributed by atoms with E-state index in [4.69, 9.17) is 15.2 Å². The SMILES string of the molecule is COc1ccc(-c2ncccc2N)c(OC)c1Br. The number of rotatable bonds is 3. The van der Waals surface area contributed by atoms with Crippen LogP contribution in [0.5, 0.6) is 11.5 Å². The minimum atomic E-state index is 0.605. The number of benzene rings is 1. The Morgan fingerprint density at radius 2 is 1.94 bits per heavy atom. The molecule has 5 heteroatoms. The van der Waals surface area contributed by atoms with Crippen LogP contribution in [0.4, 0.5) is 5.69 Å². The van der Waals surface area contributed by atoms with E-state index >= 15 is 0 Å². The van der Waals surface area contributed by atoms with Gasteiger partial charge in [-0.1, -0.05) is 0 Å². The largest absolute Gasteiger partial charge is 0.495 e. The van der Waals surface area contributed by atoms with Crippen LogP contribution in [0.25, 0.3) is 11.3 Å². The van der Waals surface area contributed by atoms with Gasteiger partial charge in [0.05, 0.1) is 25.6 Å². The summed E-state index contributed by atoms with van der Waals surface area (Å²) in [7, 11) is 3.20. The minimum Gasteiger partial charge on any atom is -0.495 e. The number of nitrogens with zero attached hydrogens (tertiary/aromatic N) is 1. The molecule has 0 saturated heterocycles. The molecule has 18 heavy (non-hydrogen) atoms. The summed E-state index contributed by atoms with van der Waals surface area (Å²) >= 11 is 3.46. The number of aromatic nitrogens is 1. The summed E-state index contributed by atoms with van der Waals surface area (Å²) in [6.07, 6.45) is 1.70. The van der Waals surface area contributed by atoms with E-state index in [2.05, 4.69) is 20.9 Å². The first-order chi connectivity index (χ1) is 8.69. The van der Waals surface area contributed by atoms with Crippen molar-refractivity contribution in [3.8, 4) is 22.8 Å². The quantitative estimate of drug-likeness (QED) is 0.946. The van der Waals surface area contributed by atoms with Crippen LogP contribution in [0.2, 0.25) is 0 Å². The molecule has 0 atom stereocenters. The maximum absolute atomic E-state index is 5.93. The molecule has 0 saturated carbocycles. The molecule has 1 aromatic heterocycles. The first kappa shape index (κ1) is 12.7. The number of halogens is 1. The Bertz CT molecular complexity index is 573. The summed E-state index contributed by atoms with van der Waals surface area (Å²) in [4.78, 5) is 4.29. The van der Waals surface area contributed by atoms with Crippen molar-refractivity contribution < 1.29 is 9.47 Å². The van der Waals surface area contributed by atoms with Crippen LogP contribution in [-0.4, -0.2) is 19.2 Å². The van der Waals surface area contributed by atoms with Crippen LogP contribution in [0.15, 0.2) is 34.9 Å². The standard InChI is InChI=1S/C13H13BrN2O2/c1-17-10-6-5-8(13(18-2)11(10)14)12-9(15)4-3-7-16-12/h3-7H,15H2,1-2H3. The summed E-state index contributed by atoms with van der Waals surface area (Å²) in [6, 6.07) is 7.32. The number of hydrogen-bond donors (Lipinski definition) is 1. The molecule has 0 aliphatic rings. The molecule has 2 aromatic rings. The van der Waals surface area contributed by atoms with E-state index in [1.165, 1.54) is 0 Å². The second kappa shape index (κ2) is 5.27. The molecule has 0 unspecified atom stereocenters. The molecule has 0 radical (unpaired) electrons. The summed E-state index contributed by atoms with van der Waals surface area (Å²) in [5.41, 5.74) is 8.05. The fourth-order valence-corrected chi connectivity index (χ4v) is 2.39. The average Bonchev–Trinajstić information content (AvgIpc) is 2.39. The lowest BCUT2D eigenvalue weighted by molar-refractivity contribution is 0.390. The van der Waals surface area contributed by atoms with Crippen molar-refractivity contribution in [2.45, 2.75) is 0 Å². The number of anilines is 1. The zero-order valence-corrected chi connectivity index (χ0v) is 11.7. The van der Waals surface area contributed by atoms with Crippen molar-refractivity contribution in [1.29, 1.82) is 0 Å². The molecule has 4 nitrogen and oxygen atoms in total. The van der Waals surface area contributed by atoms with Gasteiger partial charge >= 0.3 is 0 Å². The molecule has 0 aliphatic carbocycles. The molecule has 94 valence electrons. The van der Waals surface area contributed by atoms with E-state index in [0.717, 1.165) is 10.0 Å². The number of ether oxygens (including phenoxy) is 2. The molecular weight excluding hydrogens is 296 g/mol. The summed E-state index contributed by atoms with van der Waals surface area (Å²) in [5, 5.41) is 0. The van der Waals surface area contributed by atoms with E-state index in [9.17, 15) is 0 Å². The first-order valence-corrected chi connectivity index (χ1v) is 6.09. The Morgan fingerprint density at radius 1 is 1.17 bits per heavy atom. The van der Waals surface area contributed by atoms with Gasteiger partial charge in [-0.25, -0.2) is 0 Å². The summed E-state index contributed by atoms with van der Waals surface area (Å²) < 4.78 is 11.4. The maximum atomic E-state index is 5.93. The highest BCUT2D eigenvalue weighted by Crippen LogP contribution is 2.42. The van der Waals surface area contributed by atoms with Crippen molar-refractivity contribution in [1.82, 2.24) is 4.98 Å². The van der Waals surface area contributed by atoms with E-state index in [-0.39, 0.29) is 0 Å². The number of hydrogen-bond acceptors (Lipinski definition) is 4.